The van der Waals surface area contributed by atoms with Gasteiger partial charge in [0.05, 0.1) is 0 Å². The predicted molar refractivity (Wildman–Crippen MR) is 90.2 cm³/mol. The van der Waals surface area contributed by atoms with Crippen molar-refractivity contribution in [2.24, 2.45) is 11.8 Å². The van der Waals surface area contributed by atoms with Crippen LogP contribution in [0.1, 0.15) is 62.1 Å². The van der Waals surface area contributed by atoms with Crippen LogP contribution in [0.25, 0.3) is 0 Å². The zero-order valence-corrected chi connectivity index (χ0v) is 14.9. The van der Waals surface area contributed by atoms with Crippen LogP contribution in [0, 0.1) is 18.8 Å². The molecule has 7 nitrogen and oxygen atoms in total. The van der Waals surface area contributed by atoms with Gasteiger partial charge < -0.3 is 4.90 Å². The highest BCUT2D eigenvalue weighted by Gasteiger charge is 2.44. The summed E-state index contributed by atoms with van der Waals surface area (Å²) < 4.78 is 4.69. The van der Waals surface area contributed by atoms with E-state index in [-0.39, 0.29) is 5.91 Å². The van der Waals surface area contributed by atoms with Gasteiger partial charge in [0.2, 0.25) is 0 Å². The van der Waals surface area contributed by atoms with Crippen LogP contribution >= 0.6 is 0 Å². The van der Waals surface area contributed by atoms with Crippen molar-refractivity contribution >= 4 is 5.91 Å². The van der Waals surface area contributed by atoms with Crippen LogP contribution in [0.15, 0.2) is 4.63 Å². The molecule has 2 aliphatic heterocycles. The first-order valence-corrected chi connectivity index (χ1v) is 9.25. The van der Waals surface area contributed by atoms with Crippen LogP contribution in [0.3, 0.4) is 0 Å². The average Bonchev–Trinajstić information content (AvgIpc) is 3.19. The zero-order valence-electron chi connectivity index (χ0n) is 14.9. The fraction of sp³-hybridized carbons (Fsp3) is 0.824. The molecule has 2 N–H and O–H groups in total. The first-order valence-electron chi connectivity index (χ1n) is 9.25. The Balaban J connectivity index is 1.71. The number of amides is 1. The minimum atomic E-state index is -0.0552. The molecule has 0 saturated carbocycles. The quantitative estimate of drug-likeness (QED) is 0.826. The van der Waals surface area contributed by atoms with E-state index in [4.69, 9.17) is 4.63 Å². The molecule has 1 aromatic heterocycles. The summed E-state index contributed by atoms with van der Waals surface area (Å²) in [6.45, 7) is 7.78. The van der Waals surface area contributed by atoms with Gasteiger partial charge in [-0.05, 0) is 37.3 Å². The average molecular weight is 335 g/mol. The Bertz CT molecular complexity index is 555. The molecule has 2 fully saturated rings. The van der Waals surface area contributed by atoms with Crippen molar-refractivity contribution in [1.82, 2.24) is 26.1 Å². The Kier molecular flexibility index (Phi) is 5.50. The molecule has 0 aliphatic carbocycles. The molecule has 1 aromatic rings. The van der Waals surface area contributed by atoms with Crippen LogP contribution in [0.5, 0.6) is 0 Å². The van der Waals surface area contributed by atoms with Gasteiger partial charge in [-0.1, -0.05) is 31.8 Å². The molecule has 0 aromatic carbocycles. The number of aromatic nitrogens is 2. The summed E-state index contributed by atoms with van der Waals surface area (Å²) in [5.74, 6) is 1.05. The van der Waals surface area contributed by atoms with Crippen molar-refractivity contribution in [2.45, 2.75) is 65.0 Å². The van der Waals surface area contributed by atoms with E-state index in [2.05, 4.69) is 35.0 Å². The van der Waals surface area contributed by atoms with Crippen molar-refractivity contribution in [3.8, 4) is 0 Å². The van der Waals surface area contributed by atoms with E-state index in [9.17, 15) is 4.79 Å². The fourth-order valence-corrected chi connectivity index (χ4v) is 4.31. The van der Waals surface area contributed by atoms with E-state index in [1.54, 1.807) is 6.92 Å². The smallest absolute Gasteiger partial charge is 0.278 e. The van der Waals surface area contributed by atoms with Crippen molar-refractivity contribution in [2.75, 3.05) is 13.1 Å². The van der Waals surface area contributed by atoms with Crippen molar-refractivity contribution in [1.29, 1.82) is 0 Å². The standard InChI is InChI=1S/C17H29N5O2/c1-4-6-12(7-5-2)16-13-10-22(9-8-14(13)18-19-16)17(23)15-11(3)20-24-21-15/h12-14,16,18-19H,4-10H2,1-3H3. The van der Waals surface area contributed by atoms with E-state index >= 15 is 0 Å². The monoisotopic (exact) mass is 335 g/mol. The molecular weight excluding hydrogens is 306 g/mol. The third-order valence-electron chi connectivity index (χ3n) is 5.52. The second kappa shape index (κ2) is 7.61. The molecule has 2 aliphatic rings. The molecule has 0 bridgehead atoms. The minimum Gasteiger partial charge on any atom is -0.337 e. The second-order valence-electron chi connectivity index (χ2n) is 7.16. The second-order valence-corrected chi connectivity index (χ2v) is 7.16. The Hall–Kier alpha value is -1.47. The number of nitrogens with zero attached hydrogens (tertiary/aromatic N) is 3. The molecule has 134 valence electrons. The predicted octanol–water partition coefficient (Wildman–Crippen LogP) is 1.90. The minimum absolute atomic E-state index is 0.0552. The normalized spacial score (nSPS) is 26.8. The highest BCUT2D eigenvalue weighted by atomic mass is 16.6. The van der Waals surface area contributed by atoms with Crippen LogP contribution in [-0.4, -0.2) is 46.3 Å². The first-order chi connectivity index (χ1) is 11.7. The van der Waals surface area contributed by atoms with Crippen LogP contribution in [0.4, 0.5) is 0 Å². The molecule has 3 atom stereocenters. The third-order valence-corrected chi connectivity index (χ3v) is 5.52. The van der Waals surface area contributed by atoms with E-state index in [0.29, 0.717) is 35.3 Å². The molecule has 7 heteroatoms. The number of hydrazine groups is 1. The molecule has 0 radical (unpaired) electrons. The summed E-state index contributed by atoms with van der Waals surface area (Å²) in [4.78, 5) is 14.6. The Morgan fingerprint density at radius 3 is 2.67 bits per heavy atom. The Labute approximate surface area is 143 Å². The van der Waals surface area contributed by atoms with Gasteiger partial charge in [0.25, 0.3) is 5.91 Å². The van der Waals surface area contributed by atoms with Crippen LogP contribution < -0.4 is 10.9 Å². The summed E-state index contributed by atoms with van der Waals surface area (Å²) in [5.41, 5.74) is 7.93. The van der Waals surface area contributed by atoms with Crippen molar-refractivity contribution in [3.63, 3.8) is 0 Å². The van der Waals surface area contributed by atoms with Gasteiger partial charge in [-0.2, -0.15) is 0 Å². The summed E-state index contributed by atoms with van der Waals surface area (Å²) >= 11 is 0. The maximum absolute atomic E-state index is 12.7. The summed E-state index contributed by atoms with van der Waals surface area (Å²) in [5, 5.41) is 7.51. The number of carbonyl (C=O) groups excluding carboxylic acids is 1. The van der Waals surface area contributed by atoms with E-state index in [1.165, 1.54) is 25.7 Å². The lowest BCUT2D eigenvalue weighted by atomic mass is 9.79. The highest BCUT2D eigenvalue weighted by Crippen LogP contribution is 2.32. The number of fused-ring (bicyclic) bond motifs is 1. The third kappa shape index (κ3) is 3.32. The summed E-state index contributed by atoms with van der Waals surface area (Å²) in [7, 11) is 0. The summed E-state index contributed by atoms with van der Waals surface area (Å²) in [6, 6.07) is 0.883. The highest BCUT2D eigenvalue weighted by molar-refractivity contribution is 5.93. The van der Waals surface area contributed by atoms with Crippen LogP contribution in [-0.2, 0) is 0 Å². The van der Waals surface area contributed by atoms with Crippen molar-refractivity contribution in [3.05, 3.63) is 11.4 Å². The SMILES string of the molecule is CCCC(CCC)C1NNC2CCN(C(=O)c3nonc3C)CC21. The molecule has 3 rings (SSSR count). The number of piperidine rings is 1. The van der Waals surface area contributed by atoms with Crippen molar-refractivity contribution < 1.29 is 9.42 Å². The van der Waals surface area contributed by atoms with Gasteiger partial charge >= 0.3 is 0 Å². The maximum atomic E-state index is 12.7. The molecule has 0 spiro atoms. The number of hydrogen-bond donors (Lipinski definition) is 2. The van der Waals surface area contributed by atoms with Gasteiger partial charge in [0.1, 0.15) is 5.69 Å². The number of hydrogen-bond acceptors (Lipinski definition) is 6. The first kappa shape index (κ1) is 17.4. The lowest BCUT2D eigenvalue weighted by Crippen LogP contribution is -2.49. The van der Waals surface area contributed by atoms with Gasteiger partial charge in [0, 0.05) is 31.1 Å². The van der Waals surface area contributed by atoms with Gasteiger partial charge in [0.15, 0.2) is 5.69 Å². The maximum Gasteiger partial charge on any atom is 0.278 e. The van der Waals surface area contributed by atoms with Gasteiger partial charge in [-0.15, -0.1) is 0 Å². The molecule has 2 saturated heterocycles. The number of nitrogens with one attached hydrogen (secondary N) is 2. The van der Waals surface area contributed by atoms with E-state index < -0.39 is 0 Å². The van der Waals surface area contributed by atoms with E-state index in [0.717, 1.165) is 19.5 Å². The Morgan fingerprint density at radius 1 is 1.29 bits per heavy atom. The molecule has 3 unspecified atom stereocenters. The van der Waals surface area contributed by atoms with Gasteiger partial charge in [-0.3, -0.25) is 15.6 Å². The largest absolute Gasteiger partial charge is 0.337 e. The Morgan fingerprint density at radius 2 is 2.04 bits per heavy atom. The zero-order chi connectivity index (χ0) is 17.1. The number of rotatable bonds is 6. The van der Waals surface area contributed by atoms with E-state index in [1.807, 2.05) is 4.90 Å². The van der Waals surface area contributed by atoms with Gasteiger partial charge in [-0.25, -0.2) is 4.63 Å². The fourth-order valence-electron chi connectivity index (χ4n) is 4.31. The lowest BCUT2D eigenvalue weighted by Gasteiger charge is -2.37. The number of carbonyl (C=O) groups is 1. The molecular formula is C17H29N5O2. The van der Waals surface area contributed by atoms with Crippen LogP contribution in [0.2, 0.25) is 0 Å². The number of aryl methyl sites for hydroxylation is 1. The molecule has 3 heterocycles. The molecule has 24 heavy (non-hydrogen) atoms. The molecule has 1 amide bonds. The number of likely N-dealkylation sites (tertiary alicyclic amines) is 1. The topological polar surface area (TPSA) is 83.3 Å². The lowest BCUT2D eigenvalue weighted by molar-refractivity contribution is 0.0624. The summed E-state index contributed by atoms with van der Waals surface area (Å²) in [6.07, 6.45) is 5.84.